The summed E-state index contributed by atoms with van der Waals surface area (Å²) in [5.41, 5.74) is 1.26. The van der Waals surface area contributed by atoms with Crippen molar-refractivity contribution in [3.63, 3.8) is 0 Å². The van der Waals surface area contributed by atoms with Gasteiger partial charge in [0.25, 0.3) is 0 Å². The van der Waals surface area contributed by atoms with Crippen LogP contribution in [0.4, 0.5) is 0 Å². The van der Waals surface area contributed by atoms with E-state index in [4.69, 9.17) is 9.47 Å². The fraction of sp³-hybridized carbons (Fsp3) is 0.500. The first-order valence-electron chi connectivity index (χ1n) is 5.35. The normalized spacial score (nSPS) is 14.7. The first-order chi connectivity index (χ1) is 7.42. The maximum atomic E-state index is 5.74. The number of para-hydroxylation sites is 1. The zero-order chi connectivity index (χ0) is 10.5. The van der Waals surface area contributed by atoms with Gasteiger partial charge in [-0.05, 0) is 24.5 Å². The van der Waals surface area contributed by atoms with Crippen molar-refractivity contribution in [2.75, 3.05) is 18.5 Å². The van der Waals surface area contributed by atoms with Crippen LogP contribution in [0.25, 0.3) is 0 Å². The van der Waals surface area contributed by atoms with E-state index in [1.165, 1.54) is 5.56 Å². The van der Waals surface area contributed by atoms with Crippen LogP contribution in [-0.4, -0.2) is 18.5 Å². The lowest BCUT2D eigenvalue weighted by Crippen LogP contribution is -1.99. The molecule has 0 atom stereocenters. The van der Waals surface area contributed by atoms with Crippen molar-refractivity contribution in [2.45, 2.75) is 19.3 Å². The molecule has 0 unspecified atom stereocenters. The topological polar surface area (TPSA) is 18.5 Å². The molecule has 0 N–H and O–H groups in total. The minimum Gasteiger partial charge on any atom is -0.490 e. The number of benzene rings is 1. The van der Waals surface area contributed by atoms with E-state index in [9.17, 15) is 0 Å². The van der Waals surface area contributed by atoms with Crippen LogP contribution in [0.15, 0.2) is 18.2 Å². The predicted octanol–water partition coefficient (Wildman–Crippen LogP) is 3.18. The molecule has 1 aromatic carbocycles. The van der Waals surface area contributed by atoms with E-state index in [-0.39, 0.29) is 0 Å². The summed E-state index contributed by atoms with van der Waals surface area (Å²) >= 11 is 3.45. The third-order valence-corrected chi connectivity index (χ3v) is 2.99. The standard InChI is InChI=1S/C12H15BrO2/c13-7-2-5-10-4-1-6-11-12(10)15-9-3-8-14-11/h1,4,6H,2-3,5,7-9H2. The zero-order valence-corrected chi connectivity index (χ0v) is 10.3. The molecule has 0 saturated heterocycles. The van der Waals surface area contributed by atoms with E-state index in [0.29, 0.717) is 0 Å². The third kappa shape index (κ3) is 2.65. The van der Waals surface area contributed by atoms with Crippen molar-refractivity contribution in [1.82, 2.24) is 0 Å². The number of rotatable bonds is 3. The molecule has 1 aliphatic rings. The van der Waals surface area contributed by atoms with E-state index in [2.05, 4.69) is 22.0 Å². The van der Waals surface area contributed by atoms with Crippen LogP contribution in [-0.2, 0) is 6.42 Å². The molecule has 0 spiro atoms. The second-order valence-corrected chi connectivity index (χ2v) is 4.38. The van der Waals surface area contributed by atoms with Crippen LogP contribution < -0.4 is 9.47 Å². The van der Waals surface area contributed by atoms with Gasteiger partial charge >= 0.3 is 0 Å². The molecule has 1 aromatic rings. The molecular weight excluding hydrogens is 256 g/mol. The Balaban J connectivity index is 2.22. The molecule has 0 fully saturated rings. The van der Waals surface area contributed by atoms with Crippen molar-refractivity contribution < 1.29 is 9.47 Å². The lowest BCUT2D eigenvalue weighted by atomic mass is 10.1. The average molecular weight is 271 g/mol. The number of hydrogen-bond donors (Lipinski definition) is 0. The summed E-state index contributed by atoms with van der Waals surface area (Å²) in [6, 6.07) is 6.14. The molecule has 1 aliphatic heterocycles. The average Bonchev–Trinajstić information content (AvgIpc) is 2.51. The van der Waals surface area contributed by atoms with Gasteiger partial charge in [-0.25, -0.2) is 0 Å². The summed E-state index contributed by atoms with van der Waals surface area (Å²) in [5.74, 6) is 1.86. The van der Waals surface area contributed by atoms with Crippen molar-refractivity contribution in [3.05, 3.63) is 23.8 Å². The largest absolute Gasteiger partial charge is 0.490 e. The number of halogens is 1. The summed E-state index contributed by atoms with van der Waals surface area (Å²) in [4.78, 5) is 0. The Kier molecular flexibility index (Phi) is 3.89. The second-order valence-electron chi connectivity index (χ2n) is 3.59. The fourth-order valence-corrected chi connectivity index (χ4v) is 1.99. The van der Waals surface area contributed by atoms with Gasteiger partial charge in [0.2, 0.25) is 0 Å². The quantitative estimate of drug-likeness (QED) is 0.786. The van der Waals surface area contributed by atoms with Crippen LogP contribution >= 0.6 is 15.9 Å². The number of hydrogen-bond acceptors (Lipinski definition) is 2. The van der Waals surface area contributed by atoms with Gasteiger partial charge in [-0.15, -0.1) is 0 Å². The summed E-state index contributed by atoms with van der Waals surface area (Å²) in [6.45, 7) is 1.52. The molecule has 1 heterocycles. The monoisotopic (exact) mass is 270 g/mol. The molecule has 82 valence electrons. The SMILES string of the molecule is BrCCCc1cccc2c1OCCCO2. The minimum atomic E-state index is 0.759. The van der Waals surface area contributed by atoms with Gasteiger partial charge in [0.15, 0.2) is 11.5 Å². The van der Waals surface area contributed by atoms with E-state index in [1.54, 1.807) is 0 Å². The van der Waals surface area contributed by atoms with Gasteiger partial charge in [0.1, 0.15) is 0 Å². The number of aryl methyl sites for hydroxylation is 1. The molecule has 2 rings (SSSR count). The summed E-state index contributed by atoms with van der Waals surface area (Å²) in [6.07, 6.45) is 3.13. The van der Waals surface area contributed by atoms with Crippen LogP contribution in [0, 0.1) is 0 Å². The molecule has 15 heavy (non-hydrogen) atoms. The van der Waals surface area contributed by atoms with E-state index in [0.717, 1.165) is 49.3 Å². The van der Waals surface area contributed by atoms with E-state index in [1.807, 2.05) is 12.1 Å². The van der Waals surface area contributed by atoms with E-state index >= 15 is 0 Å². The Labute approximate surface area is 98.7 Å². The van der Waals surface area contributed by atoms with Gasteiger partial charge in [0, 0.05) is 11.8 Å². The molecule has 3 heteroatoms. The van der Waals surface area contributed by atoms with E-state index < -0.39 is 0 Å². The Morgan fingerprint density at radius 2 is 2.07 bits per heavy atom. The Bertz CT molecular complexity index is 325. The molecular formula is C12H15BrO2. The lowest BCUT2D eigenvalue weighted by Gasteiger charge is -2.11. The highest BCUT2D eigenvalue weighted by Gasteiger charge is 2.13. The van der Waals surface area contributed by atoms with Crippen molar-refractivity contribution in [1.29, 1.82) is 0 Å². The first kappa shape index (κ1) is 10.8. The van der Waals surface area contributed by atoms with Gasteiger partial charge in [-0.2, -0.15) is 0 Å². The van der Waals surface area contributed by atoms with Gasteiger partial charge in [0.05, 0.1) is 13.2 Å². The van der Waals surface area contributed by atoms with Gasteiger partial charge in [-0.3, -0.25) is 0 Å². The van der Waals surface area contributed by atoms with Gasteiger partial charge < -0.3 is 9.47 Å². The maximum Gasteiger partial charge on any atom is 0.164 e. The Hall–Kier alpha value is -0.700. The minimum absolute atomic E-state index is 0.759. The highest BCUT2D eigenvalue weighted by atomic mass is 79.9. The zero-order valence-electron chi connectivity index (χ0n) is 8.67. The van der Waals surface area contributed by atoms with Crippen LogP contribution in [0.2, 0.25) is 0 Å². The fourth-order valence-electron chi connectivity index (χ4n) is 1.71. The predicted molar refractivity (Wildman–Crippen MR) is 64.2 cm³/mol. The number of ether oxygens (including phenoxy) is 2. The Morgan fingerprint density at radius 3 is 2.93 bits per heavy atom. The smallest absolute Gasteiger partial charge is 0.164 e. The number of alkyl halides is 1. The second kappa shape index (κ2) is 5.40. The third-order valence-electron chi connectivity index (χ3n) is 2.43. The highest BCUT2D eigenvalue weighted by molar-refractivity contribution is 9.09. The molecule has 0 amide bonds. The van der Waals surface area contributed by atoms with Crippen LogP contribution in [0.3, 0.4) is 0 Å². The molecule has 2 nitrogen and oxygen atoms in total. The molecule has 0 bridgehead atoms. The number of fused-ring (bicyclic) bond motifs is 1. The van der Waals surface area contributed by atoms with Crippen molar-refractivity contribution >= 4 is 15.9 Å². The molecule has 0 radical (unpaired) electrons. The van der Waals surface area contributed by atoms with Gasteiger partial charge in [-0.1, -0.05) is 28.1 Å². The molecule has 0 aliphatic carbocycles. The molecule has 0 saturated carbocycles. The molecule has 0 aromatic heterocycles. The van der Waals surface area contributed by atoms with Crippen molar-refractivity contribution in [2.24, 2.45) is 0 Å². The summed E-state index contributed by atoms with van der Waals surface area (Å²) in [5, 5.41) is 1.03. The van der Waals surface area contributed by atoms with Crippen molar-refractivity contribution in [3.8, 4) is 11.5 Å². The Morgan fingerprint density at radius 1 is 1.20 bits per heavy atom. The maximum absolute atomic E-state index is 5.74. The summed E-state index contributed by atoms with van der Waals surface area (Å²) < 4.78 is 11.4. The summed E-state index contributed by atoms with van der Waals surface area (Å²) in [7, 11) is 0. The first-order valence-corrected chi connectivity index (χ1v) is 6.47. The van der Waals surface area contributed by atoms with Crippen LogP contribution in [0.5, 0.6) is 11.5 Å². The highest BCUT2D eigenvalue weighted by Crippen LogP contribution is 2.33. The van der Waals surface area contributed by atoms with Crippen LogP contribution in [0.1, 0.15) is 18.4 Å². The lowest BCUT2D eigenvalue weighted by molar-refractivity contribution is 0.296.